The molecule has 5 heteroatoms. The van der Waals surface area contributed by atoms with Gasteiger partial charge in [-0.1, -0.05) is 30.3 Å². The molecule has 2 aromatic rings. The number of halogens is 1. The summed E-state index contributed by atoms with van der Waals surface area (Å²) in [6, 6.07) is 10.9. The number of nitrogens with zero attached hydrogens (tertiary/aromatic N) is 2. The van der Waals surface area contributed by atoms with Crippen LogP contribution in [-0.4, -0.2) is 8.58 Å². The Labute approximate surface area is 94.7 Å². The maximum atomic E-state index is 11.2. The number of hydrogen-bond donors (Lipinski definition) is 1. The van der Waals surface area contributed by atoms with Crippen molar-refractivity contribution in [1.82, 2.24) is 8.58 Å². The third-order valence-corrected chi connectivity index (χ3v) is 2.71. The van der Waals surface area contributed by atoms with Crippen molar-refractivity contribution >= 4 is 22.1 Å². The van der Waals surface area contributed by atoms with Crippen LogP contribution in [0.15, 0.2) is 41.2 Å². The lowest BCUT2D eigenvalue weighted by atomic mass is 10.1. The molecule has 0 aliphatic heterocycles. The maximum Gasteiger partial charge on any atom is 0.275 e. The van der Waals surface area contributed by atoms with Gasteiger partial charge in [0, 0.05) is 6.07 Å². The minimum absolute atomic E-state index is 0.140. The van der Waals surface area contributed by atoms with Gasteiger partial charge in [-0.3, -0.25) is 4.79 Å². The van der Waals surface area contributed by atoms with E-state index in [0.29, 0.717) is 5.69 Å². The number of benzene rings is 1. The number of nitrogens with two attached hydrogens (primary N) is 1. The normalized spacial score (nSPS) is 10.2. The van der Waals surface area contributed by atoms with Crippen molar-refractivity contribution in [2.24, 2.45) is 0 Å². The summed E-state index contributed by atoms with van der Waals surface area (Å²) in [5.74, 6) is 0.140. The van der Waals surface area contributed by atoms with E-state index >= 15 is 0 Å². The number of aromatic nitrogens is 2. The summed E-state index contributed by atoms with van der Waals surface area (Å²) in [5, 5.41) is 0. The zero-order chi connectivity index (χ0) is 10.8. The van der Waals surface area contributed by atoms with Gasteiger partial charge < -0.3 is 5.73 Å². The molecule has 0 unspecified atom stereocenters. The van der Waals surface area contributed by atoms with E-state index in [-0.39, 0.29) is 11.5 Å². The van der Waals surface area contributed by atoms with Gasteiger partial charge in [-0.2, -0.15) is 4.98 Å². The van der Waals surface area contributed by atoms with Crippen molar-refractivity contribution in [3.05, 3.63) is 46.8 Å². The molecule has 1 heterocycles. The molecule has 15 heavy (non-hydrogen) atoms. The molecule has 0 saturated carbocycles. The van der Waals surface area contributed by atoms with Gasteiger partial charge >= 0.3 is 0 Å². The fourth-order valence-corrected chi connectivity index (χ4v) is 1.68. The van der Waals surface area contributed by atoms with Crippen molar-refractivity contribution in [2.45, 2.75) is 0 Å². The van der Waals surface area contributed by atoms with Crippen LogP contribution in [0.3, 0.4) is 0 Å². The van der Waals surface area contributed by atoms with Gasteiger partial charge in [-0.05, 0) is 5.56 Å². The van der Waals surface area contributed by atoms with E-state index in [1.165, 1.54) is 9.66 Å². The van der Waals surface area contributed by atoms with Crippen LogP contribution in [0.2, 0.25) is 0 Å². The lowest BCUT2D eigenvalue weighted by Gasteiger charge is -2.07. The van der Waals surface area contributed by atoms with E-state index in [9.17, 15) is 4.79 Å². The van der Waals surface area contributed by atoms with Gasteiger partial charge in [-0.15, -0.1) is 0 Å². The molecule has 0 spiro atoms. The molecule has 4 nitrogen and oxygen atoms in total. The highest BCUT2D eigenvalue weighted by atomic mass is 79.9. The molecular formula is C10H8BrN3O. The Bertz CT molecular complexity index is 536. The zero-order valence-electron chi connectivity index (χ0n) is 7.72. The summed E-state index contributed by atoms with van der Waals surface area (Å²) in [6.07, 6.45) is 0. The minimum Gasteiger partial charge on any atom is -0.368 e. The first-order valence-electron chi connectivity index (χ1n) is 4.29. The fraction of sp³-hybridized carbons (Fsp3) is 0. The molecule has 0 amide bonds. The first kappa shape index (κ1) is 9.92. The van der Waals surface area contributed by atoms with Gasteiger partial charge in [0.25, 0.3) is 5.56 Å². The quantitative estimate of drug-likeness (QED) is 0.853. The lowest BCUT2D eigenvalue weighted by molar-refractivity contribution is 1.11. The second kappa shape index (κ2) is 3.86. The Morgan fingerprint density at radius 3 is 2.60 bits per heavy atom. The standard InChI is InChI=1S/C10H8BrN3O/c11-14-8(6-9(15)13-10(14)12)7-4-2-1-3-5-7/h1-6H,(H2,12,13,15). The highest BCUT2D eigenvalue weighted by molar-refractivity contribution is 9.08. The number of hydrogen-bond acceptors (Lipinski definition) is 3. The highest BCUT2D eigenvalue weighted by Gasteiger charge is 2.06. The molecule has 0 atom stereocenters. The van der Waals surface area contributed by atoms with Crippen molar-refractivity contribution < 1.29 is 0 Å². The molecule has 1 aromatic carbocycles. The summed E-state index contributed by atoms with van der Waals surface area (Å²) in [6.45, 7) is 0. The van der Waals surface area contributed by atoms with Gasteiger partial charge in [0.2, 0.25) is 5.95 Å². The van der Waals surface area contributed by atoms with E-state index in [4.69, 9.17) is 5.73 Å². The Balaban J connectivity index is 2.68. The molecule has 0 aliphatic rings. The van der Waals surface area contributed by atoms with Crippen LogP contribution in [0.4, 0.5) is 5.95 Å². The first-order valence-corrected chi connectivity index (χ1v) is 5.00. The number of rotatable bonds is 1. The topological polar surface area (TPSA) is 60.9 Å². The van der Waals surface area contributed by atoms with Gasteiger partial charge in [0.1, 0.15) is 0 Å². The molecule has 0 bridgehead atoms. The molecule has 1 aromatic heterocycles. The van der Waals surface area contributed by atoms with Crippen LogP contribution in [-0.2, 0) is 0 Å². The van der Waals surface area contributed by atoms with Gasteiger partial charge in [0.15, 0.2) is 0 Å². The van der Waals surface area contributed by atoms with E-state index in [0.717, 1.165) is 5.56 Å². The van der Waals surface area contributed by atoms with Crippen molar-refractivity contribution in [1.29, 1.82) is 0 Å². The van der Waals surface area contributed by atoms with E-state index < -0.39 is 0 Å². The second-order valence-electron chi connectivity index (χ2n) is 2.98. The Kier molecular flexibility index (Phi) is 2.55. The van der Waals surface area contributed by atoms with Crippen molar-refractivity contribution in [2.75, 3.05) is 5.73 Å². The van der Waals surface area contributed by atoms with Crippen molar-refractivity contribution in [3.8, 4) is 11.3 Å². The third-order valence-electron chi connectivity index (χ3n) is 1.97. The SMILES string of the molecule is Nc1nc(=O)cc(-c2ccccc2)n1Br. The molecule has 0 fully saturated rings. The average molecular weight is 266 g/mol. The molecule has 2 rings (SSSR count). The summed E-state index contributed by atoms with van der Waals surface area (Å²) in [7, 11) is 0. The molecule has 0 aliphatic carbocycles. The number of nitrogen functional groups attached to an aromatic ring is 1. The Hall–Kier alpha value is -1.62. The van der Waals surface area contributed by atoms with Crippen LogP contribution in [0.25, 0.3) is 11.3 Å². The molecule has 2 N–H and O–H groups in total. The summed E-state index contributed by atoms with van der Waals surface area (Å²) < 4.78 is 1.50. The lowest BCUT2D eigenvalue weighted by Crippen LogP contribution is -2.13. The average Bonchev–Trinajstić information content (AvgIpc) is 2.24. The van der Waals surface area contributed by atoms with Crippen LogP contribution < -0.4 is 11.3 Å². The van der Waals surface area contributed by atoms with Crippen LogP contribution >= 0.6 is 16.1 Å². The van der Waals surface area contributed by atoms with E-state index in [2.05, 4.69) is 21.1 Å². The molecule has 76 valence electrons. The molecule has 0 saturated heterocycles. The fourth-order valence-electron chi connectivity index (χ4n) is 1.29. The summed E-state index contributed by atoms with van der Waals surface area (Å²) in [5.41, 5.74) is 6.81. The van der Waals surface area contributed by atoms with Crippen molar-refractivity contribution in [3.63, 3.8) is 0 Å². The van der Waals surface area contributed by atoms with E-state index in [1.54, 1.807) is 0 Å². The monoisotopic (exact) mass is 265 g/mol. The van der Waals surface area contributed by atoms with Crippen LogP contribution in [0.5, 0.6) is 0 Å². The second-order valence-corrected chi connectivity index (χ2v) is 3.69. The molecule has 0 radical (unpaired) electrons. The maximum absolute atomic E-state index is 11.2. The zero-order valence-corrected chi connectivity index (χ0v) is 9.31. The predicted octanol–water partition coefficient (Wildman–Crippen LogP) is 1.65. The Morgan fingerprint density at radius 1 is 1.27 bits per heavy atom. The highest BCUT2D eigenvalue weighted by Crippen LogP contribution is 2.20. The van der Waals surface area contributed by atoms with Gasteiger partial charge in [0.05, 0.1) is 21.8 Å². The summed E-state index contributed by atoms with van der Waals surface area (Å²) >= 11 is 3.24. The summed E-state index contributed by atoms with van der Waals surface area (Å²) in [4.78, 5) is 14.8. The number of anilines is 1. The minimum atomic E-state index is -0.345. The molecular weight excluding hydrogens is 258 g/mol. The predicted molar refractivity (Wildman–Crippen MR) is 62.7 cm³/mol. The van der Waals surface area contributed by atoms with E-state index in [1.807, 2.05) is 30.3 Å². The van der Waals surface area contributed by atoms with Gasteiger partial charge in [-0.25, -0.2) is 3.59 Å². The third kappa shape index (κ3) is 1.92. The Morgan fingerprint density at radius 2 is 1.93 bits per heavy atom. The largest absolute Gasteiger partial charge is 0.368 e. The van der Waals surface area contributed by atoms with Crippen LogP contribution in [0, 0.1) is 0 Å². The smallest absolute Gasteiger partial charge is 0.275 e. The first-order chi connectivity index (χ1) is 7.18. The van der Waals surface area contributed by atoms with Crippen LogP contribution in [0.1, 0.15) is 0 Å².